The second-order valence-electron chi connectivity index (χ2n) is 9.74. The van der Waals surface area contributed by atoms with Gasteiger partial charge in [-0.05, 0) is 61.9 Å². The first kappa shape index (κ1) is 29.3. The Kier molecular flexibility index (Phi) is 7.39. The maximum Gasteiger partial charge on any atom is 0.573 e. The molecule has 3 heterocycles. The van der Waals surface area contributed by atoms with Crippen LogP contribution in [0.3, 0.4) is 0 Å². The van der Waals surface area contributed by atoms with E-state index in [1.54, 1.807) is 18.2 Å². The lowest BCUT2D eigenvalue weighted by molar-refractivity contribution is -0.274. The molecule has 16 heteroatoms. The molecule has 2 aromatic heterocycles. The lowest BCUT2D eigenvalue weighted by atomic mass is 10.1. The summed E-state index contributed by atoms with van der Waals surface area (Å²) in [6.07, 6.45) is -9.49. The molecule has 4 aromatic rings. The van der Waals surface area contributed by atoms with E-state index in [1.807, 2.05) is 0 Å². The Bertz CT molecular complexity index is 1630. The number of anilines is 3. The number of aliphatic hydroxyl groups is 1. The van der Waals surface area contributed by atoms with Gasteiger partial charge in [-0.25, -0.2) is 9.19 Å². The van der Waals surface area contributed by atoms with Crippen LogP contribution in [0.5, 0.6) is 5.75 Å². The van der Waals surface area contributed by atoms with Crippen molar-refractivity contribution in [3.05, 3.63) is 83.1 Å². The van der Waals surface area contributed by atoms with Crippen molar-refractivity contribution in [2.24, 2.45) is 0 Å². The zero-order valence-electron chi connectivity index (χ0n) is 21.7. The fourth-order valence-corrected chi connectivity index (χ4v) is 5.25. The summed E-state index contributed by atoms with van der Waals surface area (Å²) in [5, 5.41) is 16.9. The molecule has 0 fully saturated rings. The molecule has 222 valence electrons. The molecular formula is C26H21F6N5O4S. The summed E-state index contributed by atoms with van der Waals surface area (Å²) in [6.45, 7) is 2.79. The topological polar surface area (TPSA) is 114 Å². The Morgan fingerprint density at radius 3 is 2.36 bits per heavy atom. The summed E-state index contributed by atoms with van der Waals surface area (Å²) in [5.41, 5.74) is -1.02. The molecule has 0 bridgehead atoms. The van der Waals surface area contributed by atoms with Crippen molar-refractivity contribution < 1.29 is 44.9 Å². The maximum atomic E-state index is 13.8. The van der Waals surface area contributed by atoms with Gasteiger partial charge in [-0.3, -0.25) is 4.31 Å². The van der Waals surface area contributed by atoms with E-state index in [-0.39, 0.29) is 41.1 Å². The summed E-state index contributed by atoms with van der Waals surface area (Å²) >= 11 is 0. The highest BCUT2D eigenvalue weighted by molar-refractivity contribution is 7.86. The van der Waals surface area contributed by atoms with Gasteiger partial charge in [0, 0.05) is 12.0 Å². The highest BCUT2D eigenvalue weighted by Gasteiger charge is 2.35. The predicted molar refractivity (Wildman–Crippen MR) is 137 cm³/mol. The second kappa shape index (κ2) is 10.6. The number of ether oxygens (including phenoxy) is 1. The van der Waals surface area contributed by atoms with Crippen LogP contribution in [0.25, 0.3) is 0 Å². The van der Waals surface area contributed by atoms with Crippen molar-refractivity contribution in [3.8, 4) is 5.75 Å². The Morgan fingerprint density at radius 2 is 1.74 bits per heavy atom. The van der Waals surface area contributed by atoms with E-state index in [4.69, 9.17) is 4.52 Å². The van der Waals surface area contributed by atoms with E-state index in [9.17, 15) is 35.7 Å². The van der Waals surface area contributed by atoms with E-state index in [2.05, 4.69) is 25.2 Å². The third-order valence-electron chi connectivity index (χ3n) is 5.98. The van der Waals surface area contributed by atoms with Gasteiger partial charge in [0.1, 0.15) is 22.9 Å². The number of alkyl halides is 6. The first-order valence-electron chi connectivity index (χ1n) is 12.1. The molecule has 42 heavy (non-hydrogen) atoms. The minimum Gasteiger partial charge on any atom is -0.406 e. The lowest BCUT2D eigenvalue weighted by Crippen LogP contribution is -2.25. The van der Waals surface area contributed by atoms with Crippen LogP contribution in [-0.2, 0) is 35.7 Å². The van der Waals surface area contributed by atoms with Gasteiger partial charge in [0.2, 0.25) is 0 Å². The third-order valence-corrected chi connectivity index (χ3v) is 7.38. The first-order valence-corrected chi connectivity index (χ1v) is 13.3. The molecule has 2 aromatic carbocycles. The molecule has 0 radical (unpaired) electrons. The summed E-state index contributed by atoms with van der Waals surface area (Å²) < 4.78 is 102. The largest absolute Gasteiger partial charge is 0.573 e. The minimum atomic E-state index is -4.91. The molecule has 1 atom stereocenters. The van der Waals surface area contributed by atoms with E-state index in [0.29, 0.717) is 16.8 Å². The fourth-order valence-electron chi connectivity index (χ4n) is 4.04. The quantitative estimate of drug-likeness (QED) is 0.255. The van der Waals surface area contributed by atoms with Gasteiger partial charge >= 0.3 is 12.5 Å². The summed E-state index contributed by atoms with van der Waals surface area (Å²) in [6, 6.07) is 11.3. The van der Waals surface area contributed by atoms with Crippen LogP contribution in [0.2, 0.25) is 0 Å². The molecule has 0 aliphatic carbocycles. The smallest absolute Gasteiger partial charge is 0.406 e. The number of aromatic nitrogens is 3. The Morgan fingerprint density at radius 1 is 1.02 bits per heavy atom. The van der Waals surface area contributed by atoms with Crippen LogP contribution in [-0.4, -0.2) is 30.8 Å². The van der Waals surface area contributed by atoms with Gasteiger partial charge in [-0.1, -0.05) is 17.3 Å². The number of nitrogens with one attached hydrogen (secondary N) is 1. The zero-order chi connectivity index (χ0) is 30.4. The highest BCUT2D eigenvalue weighted by Crippen LogP contribution is 2.40. The van der Waals surface area contributed by atoms with Gasteiger partial charge in [0.25, 0.3) is 5.89 Å². The highest BCUT2D eigenvalue weighted by atomic mass is 32.2. The number of nitrogens with zero attached hydrogens (tertiary/aromatic N) is 4. The van der Waals surface area contributed by atoms with Crippen LogP contribution in [0.4, 0.5) is 43.5 Å². The summed E-state index contributed by atoms with van der Waals surface area (Å²) in [4.78, 5) is 8.02. The molecule has 5 rings (SSSR count). The molecule has 1 aliphatic rings. The molecule has 0 saturated carbocycles. The number of rotatable bonds is 6. The normalized spacial score (nSPS) is 14.5. The molecule has 0 spiro atoms. The number of fused-ring (bicyclic) bond motifs is 2. The predicted octanol–water partition coefficient (Wildman–Crippen LogP) is 5.99. The van der Waals surface area contributed by atoms with E-state index in [0.717, 1.165) is 18.2 Å². The van der Waals surface area contributed by atoms with Gasteiger partial charge in [0.15, 0.2) is 16.8 Å². The van der Waals surface area contributed by atoms with Crippen LogP contribution in [0.15, 0.2) is 64.0 Å². The molecular weight excluding hydrogens is 592 g/mol. The van der Waals surface area contributed by atoms with E-state index < -0.39 is 40.6 Å². The monoisotopic (exact) mass is 613 g/mol. The molecule has 1 aliphatic heterocycles. The molecule has 2 N–H and O–H groups in total. The Hall–Kier alpha value is -4.18. The van der Waals surface area contributed by atoms with Gasteiger partial charge in [-0.15, -0.1) is 13.2 Å². The average molecular weight is 614 g/mol. The number of hydrogen-bond donors (Lipinski definition) is 2. The fraction of sp³-hybridized carbons (Fsp3) is 0.269. The number of hydrogen-bond acceptors (Lipinski definition) is 8. The third kappa shape index (κ3) is 6.49. The molecule has 9 nitrogen and oxygen atoms in total. The summed E-state index contributed by atoms with van der Waals surface area (Å²) in [5.74, 6) is -0.374. The van der Waals surface area contributed by atoms with Crippen molar-refractivity contribution in [2.45, 2.75) is 49.8 Å². The van der Waals surface area contributed by atoms with Crippen molar-refractivity contribution >= 4 is 28.2 Å². The first-order chi connectivity index (χ1) is 19.6. The number of pyridine rings is 1. The van der Waals surface area contributed by atoms with Crippen molar-refractivity contribution in [1.82, 2.24) is 15.1 Å². The number of halogens is 6. The second-order valence-corrected chi connectivity index (χ2v) is 11.1. The zero-order valence-corrected chi connectivity index (χ0v) is 22.6. The van der Waals surface area contributed by atoms with Crippen molar-refractivity contribution in [1.29, 1.82) is 0 Å². The van der Waals surface area contributed by atoms with Crippen LogP contribution in [0, 0.1) is 0 Å². The van der Waals surface area contributed by atoms with Gasteiger partial charge in [-0.2, -0.15) is 18.2 Å². The Labute approximate surface area is 236 Å². The lowest BCUT2D eigenvalue weighted by Gasteiger charge is -2.24. The van der Waals surface area contributed by atoms with Crippen molar-refractivity contribution in [2.75, 3.05) is 9.62 Å². The van der Waals surface area contributed by atoms with Crippen LogP contribution < -0.4 is 14.4 Å². The van der Waals surface area contributed by atoms with E-state index in [1.165, 1.54) is 36.4 Å². The van der Waals surface area contributed by atoms with Crippen LogP contribution in [0.1, 0.15) is 42.4 Å². The standard InChI is InChI=1S/C26H21F6N5O4S/c1-24(2,38)23-35-21(36-41-23)12-14-3-9-18-19(11-14)37(13-15-4-10-20(25(27,28)29)34-22(15)33-18)42(39)17-7-5-16(6-8-17)40-26(30,31)32/h3-11,38H,12-13H2,1-2H3,(H,33,34). The maximum absolute atomic E-state index is 13.8. The summed E-state index contributed by atoms with van der Waals surface area (Å²) in [7, 11) is -2.04. The molecule has 0 amide bonds. The van der Waals surface area contributed by atoms with Gasteiger partial charge < -0.3 is 19.7 Å². The SMILES string of the molecule is CC(C)(O)c1nc(Cc2ccc3c(c2)N(S(=O)c2ccc(OC(F)(F)F)cc2)Cc2ccc(C(F)(F)F)nc2N3)no1. The number of benzene rings is 2. The minimum absolute atomic E-state index is 0.00315. The average Bonchev–Trinajstić information content (AvgIpc) is 3.30. The molecule has 1 unspecified atom stereocenters. The Balaban J connectivity index is 1.53. The van der Waals surface area contributed by atoms with E-state index >= 15 is 0 Å². The van der Waals surface area contributed by atoms with Crippen molar-refractivity contribution in [3.63, 3.8) is 0 Å². The molecule has 0 saturated heterocycles. The van der Waals surface area contributed by atoms with Gasteiger partial charge in [0.05, 0.1) is 22.8 Å². The van der Waals surface area contributed by atoms with Crippen LogP contribution >= 0.6 is 0 Å².